The molecule has 21 heavy (non-hydrogen) atoms. The van der Waals surface area contributed by atoms with Crippen molar-refractivity contribution >= 4 is 40.6 Å². The molecular formula is C15H22ClN3OS. The zero-order valence-corrected chi connectivity index (χ0v) is 13.7. The van der Waals surface area contributed by atoms with Crippen LogP contribution in [0.3, 0.4) is 0 Å². The maximum absolute atomic E-state index is 12.0. The minimum atomic E-state index is -0.00558. The molecule has 0 aliphatic carbocycles. The van der Waals surface area contributed by atoms with Crippen LogP contribution in [0.1, 0.15) is 19.3 Å². The van der Waals surface area contributed by atoms with Gasteiger partial charge in [-0.2, -0.15) is 11.8 Å². The molecule has 1 saturated heterocycles. The number of rotatable bonds is 6. The molecule has 0 radical (unpaired) electrons. The smallest absolute Gasteiger partial charge is 0.234 e. The molecule has 0 aromatic heterocycles. The second kappa shape index (κ2) is 8.51. The Hall–Kier alpha value is -0.910. The maximum atomic E-state index is 12.0. The highest BCUT2D eigenvalue weighted by Crippen LogP contribution is 2.35. The fraction of sp³-hybridized carbons (Fsp3) is 0.533. The van der Waals surface area contributed by atoms with Crippen molar-refractivity contribution in [2.24, 2.45) is 5.73 Å². The molecule has 0 spiro atoms. The van der Waals surface area contributed by atoms with E-state index >= 15 is 0 Å². The average Bonchev–Trinajstić information content (AvgIpc) is 2.48. The Bertz CT molecular complexity index is 478. The maximum Gasteiger partial charge on any atom is 0.234 e. The zero-order valence-electron chi connectivity index (χ0n) is 12.1. The summed E-state index contributed by atoms with van der Waals surface area (Å²) in [5.41, 5.74) is 7.19. The number of piperidine rings is 1. The molecule has 0 atom stereocenters. The monoisotopic (exact) mass is 327 g/mol. The lowest BCUT2D eigenvalue weighted by atomic mass is 10.1. The Morgan fingerprint density at radius 3 is 2.81 bits per heavy atom. The van der Waals surface area contributed by atoms with Gasteiger partial charge in [0, 0.05) is 25.4 Å². The molecule has 1 fully saturated rings. The van der Waals surface area contributed by atoms with Crippen LogP contribution in [0.4, 0.5) is 11.4 Å². The van der Waals surface area contributed by atoms with E-state index in [0.29, 0.717) is 17.3 Å². The third-order valence-corrected chi connectivity index (χ3v) is 4.72. The summed E-state index contributed by atoms with van der Waals surface area (Å²) in [6.45, 7) is 2.58. The number of hydrogen-bond donors (Lipinski definition) is 2. The van der Waals surface area contributed by atoms with Gasteiger partial charge in [0.25, 0.3) is 0 Å². The topological polar surface area (TPSA) is 58.4 Å². The highest BCUT2D eigenvalue weighted by atomic mass is 35.5. The van der Waals surface area contributed by atoms with Gasteiger partial charge in [0.2, 0.25) is 5.91 Å². The van der Waals surface area contributed by atoms with Gasteiger partial charge in [-0.3, -0.25) is 4.79 Å². The number of thioether (sulfide) groups is 1. The number of nitrogens with zero attached hydrogens (tertiary/aromatic N) is 1. The van der Waals surface area contributed by atoms with Crippen molar-refractivity contribution in [2.45, 2.75) is 19.3 Å². The predicted octanol–water partition coefficient (Wildman–Crippen LogP) is 2.96. The van der Waals surface area contributed by atoms with E-state index < -0.39 is 0 Å². The SMILES string of the molecule is NCCSCC(=O)Nc1cccc(Cl)c1N1CCCCC1. The van der Waals surface area contributed by atoms with Gasteiger partial charge in [-0.05, 0) is 31.4 Å². The fourth-order valence-corrected chi connectivity index (χ4v) is 3.35. The highest BCUT2D eigenvalue weighted by molar-refractivity contribution is 7.99. The first kappa shape index (κ1) is 16.5. The van der Waals surface area contributed by atoms with Crippen molar-refractivity contribution in [1.29, 1.82) is 0 Å². The second-order valence-corrected chi connectivity index (χ2v) is 6.59. The number of anilines is 2. The Morgan fingerprint density at radius 2 is 2.10 bits per heavy atom. The molecule has 0 unspecified atom stereocenters. The fourth-order valence-electron chi connectivity index (χ4n) is 2.49. The number of carbonyl (C=O) groups is 1. The largest absolute Gasteiger partial charge is 0.369 e. The molecule has 1 aromatic rings. The molecule has 0 saturated carbocycles. The van der Waals surface area contributed by atoms with Crippen LogP contribution in [0, 0.1) is 0 Å². The number of nitrogens with two attached hydrogens (primary N) is 1. The summed E-state index contributed by atoms with van der Waals surface area (Å²) in [6.07, 6.45) is 3.61. The van der Waals surface area contributed by atoms with Crippen molar-refractivity contribution < 1.29 is 4.79 Å². The molecule has 1 aromatic carbocycles. The summed E-state index contributed by atoms with van der Waals surface area (Å²) in [5, 5.41) is 3.68. The Kier molecular flexibility index (Phi) is 6.67. The molecule has 1 heterocycles. The lowest BCUT2D eigenvalue weighted by Gasteiger charge is -2.31. The molecule has 116 valence electrons. The van der Waals surface area contributed by atoms with E-state index in [9.17, 15) is 4.79 Å². The lowest BCUT2D eigenvalue weighted by Crippen LogP contribution is -2.31. The van der Waals surface area contributed by atoms with Gasteiger partial charge in [0.15, 0.2) is 0 Å². The number of benzene rings is 1. The van der Waals surface area contributed by atoms with E-state index in [1.54, 1.807) is 11.8 Å². The molecule has 1 aliphatic heterocycles. The predicted molar refractivity (Wildman–Crippen MR) is 92.5 cm³/mol. The summed E-state index contributed by atoms with van der Waals surface area (Å²) < 4.78 is 0. The molecule has 4 nitrogen and oxygen atoms in total. The summed E-state index contributed by atoms with van der Waals surface area (Å²) in [7, 11) is 0. The summed E-state index contributed by atoms with van der Waals surface area (Å²) in [5.74, 6) is 1.21. The van der Waals surface area contributed by atoms with E-state index in [2.05, 4.69) is 10.2 Å². The third kappa shape index (κ3) is 4.80. The summed E-state index contributed by atoms with van der Waals surface area (Å²) >= 11 is 7.90. The van der Waals surface area contributed by atoms with E-state index in [-0.39, 0.29) is 5.91 Å². The molecular weight excluding hydrogens is 306 g/mol. The van der Waals surface area contributed by atoms with Gasteiger partial charge < -0.3 is 16.0 Å². The van der Waals surface area contributed by atoms with Gasteiger partial charge in [-0.1, -0.05) is 17.7 Å². The minimum Gasteiger partial charge on any atom is -0.369 e. The van der Waals surface area contributed by atoms with Crippen molar-refractivity contribution in [3.8, 4) is 0 Å². The Balaban J connectivity index is 2.07. The van der Waals surface area contributed by atoms with Crippen molar-refractivity contribution in [3.05, 3.63) is 23.2 Å². The highest BCUT2D eigenvalue weighted by Gasteiger charge is 2.18. The number of para-hydroxylation sites is 1. The van der Waals surface area contributed by atoms with Crippen molar-refractivity contribution in [2.75, 3.05) is 41.4 Å². The number of carbonyl (C=O) groups excluding carboxylic acids is 1. The van der Waals surface area contributed by atoms with E-state index in [0.717, 1.165) is 30.2 Å². The van der Waals surface area contributed by atoms with Crippen LogP contribution < -0.4 is 16.0 Å². The average molecular weight is 328 g/mol. The Morgan fingerprint density at radius 1 is 1.33 bits per heavy atom. The first-order chi connectivity index (χ1) is 10.2. The Labute approximate surface area is 135 Å². The van der Waals surface area contributed by atoms with Crippen LogP contribution in [-0.2, 0) is 4.79 Å². The van der Waals surface area contributed by atoms with Crippen LogP contribution in [0.25, 0.3) is 0 Å². The van der Waals surface area contributed by atoms with Gasteiger partial charge in [0.1, 0.15) is 0 Å². The second-order valence-electron chi connectivity index (χ2n) is 5.07. The summed E-state index contributed by atoms with van der Waals surface area (Å²) in [6, 6.07) is 5.67. The van der Waals surface area contributed by atoms with Crippen LogP contribution in [-0.4, -0.2) is 37.0 Å². The normalized spacial score (nSPS) is 15.0. The molecule has 1 amide bonds. The summed E-state index contributed by atoms with van der Waals surface area (Å²) in [4.78, 5) is 14.3. The van der Waals surface area contributed by atoms with Crippen LogP contribution >= 0.6 is 23.4 Å². The van der Waals surface area contributed by atoms with Crippen LogP contribution in [0.15, 0.2) is 18.2 Å². The van der Waals surface area contributed by atoms with Gasteiger partial charge >= 0.3 is 0 Å². The van der Waals surface area contributed by atoms with Crippen LogP contribution in [0.5, 0.6) is 0 Å². The first-order valence-corrected chi connectivity index (χ1v) is 8.87. The number of amides is 1. The van der Waals surface area contributed by atoms with Crippen molar-refractivity contribution in [3.63, 3.8) is 0 Å². The standard InChI is InChI=1S/C15H22ClN3OS/c16-12-5-4-6-13(18-14(20)11-21-10-7-17)15(12)19-8-2-1-3-9-19/h4-6H,1-3,7-11,17H2,(H,18,20). The minimum absolute atomic E-state index is 0.00558. The molecule has 2 rings (SSSR count). The quantitative estimate of drug-likeness (QED) is 0.789. The molecule has 3 N–H and O–H groups in total. The van der Waals surface area contributed by atoms with Gasteiger partial charge in [0.05, 0.1) is 22.2 Å². The van der Waals surface area contributed by atoms with E-state index in [1.165, 1.54) is 19.3 Å². The lowest BCUT2D eigenvalue weighted by molar-refractivity contribution is -0.113. The zero-order chi connectivity index (χ0) is 15.1. The van der Waals surface area contributed by atoms with Gasteiger partial charge in [-0.25, -0.2) is 0 Å². The number of nitrogens with one attached hydrogen (secondary N) is 1. The van der Waals surface area contributed by atoms with Crippen molar-refractivity contribution in [1.82, 2.24) is 0 Å². The van der Waals surface area contributed by atoms with E-state index in [1.807, 2.05) is 18.2 Å². The first-order valence-electron chi connectivity index (χ1n) is 7.33. The molecule has 1 aliphatic rings. The molecule has 6 heteroatoms. The number of hydrogen-bond acceptors (Lipinski definition) is 4. The third-order valence-electron chi connectivity index (χ3n) is 3.43. The molecule has 0 bridgehead atoms. The number of halogens is 1. The van der Waals surface area contributed by atoms with Crippen LogP contribution in [0.2, 0.25) is 5.02 Å². The van der Waals surface area contributed by atoms with Gasteiger partial charge in [-0.15, -0.1) is 0 Å². The van der Waals surface area contributed by atoms with E-state index in [4.69, 9.17) is 17.3 Å².